The van der Waals surface area contributed by atoms with Crippen LogP contribution >= 0.6 is 23.2 Å². The summed E-state index contributed by atoms with van der Waals surface area (Å²) in [6, 6.07) is 9.56. The third-order valence-electron chi connectivity index (χ3n) is 2.75. The number of aromatic nitrogens is 1. The number of amides is 2. The van der Waals surface area contributed by atoms with Crippen molar-refractivity contribution >= 4 is 40.7 Å². The molecule has 114 valence electrons. The van der Waals surface area contributed by atoms with Crippen LogP contribution in [0.1, 0.15) is 27.8 Å². The highest BCUT2D eigenvalue weighted by molar-refractivity contribution is 6.35. The van der Waals surface area contributed by atoms with Crippen molar-refractivity contribution in [3.05, 3.63) is 57.8 Å². The molecule has 2 rings (SSSR count). The number of nitrogens with zero attached hydrogens (tertiary/aromatic N) is 1. The first-order valence-corrected chi connectivity index (χ1v) is 7.28. The fourth-order valence-electron chi connectivity index (χ4n) is 1.77. The summed E-state index contributed by atoms with van der Waals surface area (Å²) in [5, 5.41) is 5.70. The lowest BCUT2D eigenvalue weighted by Crippen LogP contribution is -2.23. The molecule has 0 radical (unpaired) electrons. The van der Waals surface area contributed by atoms with Gasteiger partial charge >= 0.3 is 0 Å². The maximum Gasteiger partial charge on any atom is 0.275 e. The number of carbonyl (C=O) groups is 2. The molecule has 0 aliphatic rings. The molecule has 22 heavy (non-hydrogen) atoms. The van der Waals surface area contributed by atoms with Crippen LogP contribution in [-0.4, -0.2) is 23.3 Å². The topological polar surface area (TPSA) is 71.1 Å². The van der Waals surface area contributed by atoms with Gasteiger partial charge in [0.25, 0.3) is 11.8 Å². The van der Waals surface area contributed by atoms with Crippen molar-refractivity contribution in [2.24, 2.45) is 0 Å². The van der Waals surface area contributed by atoms with Crippen LogP contribution in [0.15, 0.2) is 36.4 Å². The van der Waals surface area contributed by atoms with Crippen LogP contribution in [0.5, 0.6) is 0 Å². The minimum Gasteiger partial charge on any atom is -0.352 e. The van der Waals surface area contributed by atoms with Gasteiger partial charge < -0.3 is 10.6 Å². The van der Waals surface area contributed by atoms with E-state index in [9.17, 15) is 9.59 Å². The van der Waals surface area contributed by atoms with Crippen LogP contribution in [-0.2, 0) is 0 Å². The second kappa shape index (κ2) is 7.24. The van der Waals surface area contributed by atoms with Gasteiger partial charge in [-0.25, -0.2) is 4.98 Å². The molecule has 0 saturated carbocycles. The summed E-state index contributed by atoms with van der Waals surface area (Å²) in [6.45, 7) is 2.35. The van der Waals surface area contributed by atoms with Crippen molar-refractivity contribution in [1.82, 2.24) is 10.3 Å². The highest BCUT2D eigenvalue weighted by Gasteiger charge is 2.14. The largest absolute Gasteiger partial charge is 0.352 e. The molecule has 0 unspecified atom stereocenters. The van der Waals surface area contributed by atoms with Crippen molar-refractivity contribution in [2.45, 2.75) is 6.92 Å². The molecule has 1 aromatic carbocycles. The maximum atomic E-state index is 12.2. The molecule has 1 aromatic heterocycles. The zero-order valence-electron chi connectivity index (χ0n) is 11.7. The van der Waals surface area contributed by atoms with Gasteiger partial charge in [-0.05, 0) is 37.3 Å². The van der Waals surface area contributed by atoms with Gasteiger partial charge in [0.2, 0.25) is 0 Å². The minimum atomic E-state index is -0.499. The van der Waals surface area contributed by atoms with Gasteiger partial charge in [-0.3, -0.25) is 9.59 Å². The lowest BCUT2D eigenvalue weighted by molar-refractivity contribution is 0.0954. The van der Waals surface area contributed by atoms with Gasteiger partial charge in [0.15, 0.2) is 0 Å². The first-order valence-electron chi connectivity index (χ1n) is 6.53. The van der Waals surface area contributed by atoms with Gasteiger partial charge in [0, 0.05) is 17.8 Å². The van der Waals surface area contributed by atoms with Crippen LogP contribution in [0.2, 0.25) is 10.2 Å². The highest BCUT2D eigenvalue weighted by Crippen LogP contribution is 2.19. The number of rotatable bonds is 4. The Morgan fingerprint density at radius 2 is 1.91 bits per heavy atom. The number of pyridine rings is 1. The molecule has 2 N–H and O–H groups in total. The molecule has 0 saturated heterocycles. The predicted molar refractivity (Wildman–Crippen MR) is 86.7 cm³/mol. The number of halogens is 2. The Balaban J connectivity index is 2.20. The second-order valence-corrected chi connectivity index (χ2v) is 5.15. The highest BCUT2D eigenvalue weighted by atomic mass is 35.5. The summed E-state index contributed by atoms with van der Waals surface area (Å²) in [4.78, 5) is 27.9. The molecule has 0 fully saturated rings. The van der Waals surface area contributed by atoms with Gasteiger partial charge in [-0.2, -0.15) is 0 Å². The third kappa shape index (κ3) is 3.96. The molecule has 2 aromatic rings. The molecule has 0 spiro atoms. The summed E-state index contributed by atoms with van der Waals surface area (Å²) in [6.07, 6.45) is 0. The number of carbonyl (C=O) groups excluding carboxylic acids is 2. The van der Waals surface area contributed by atoms with Crippen LogP contribution in [0.3, 0.4) is 0 Å². The summed E-state index contributed by atoms with van der Waals surface area (Å²) in [5.74, 6) is -0.710. The van der Waals surface area contributed by atoms with Gasteiger partial charge in [-0.1, -0.05) is 29.3 Å². The van der Waals surface area contributed by atoms with E-state index in [1.54, 1.807) is 24.3 Å². The molecular weight excluding hydrogens is 325 g/mol. The molecule has 0 bridgehead atoms. The van der Waals surface area contributed by atoms with Crippen molar-refractivity contribution in [3.63, 3.8) is 0 Å². The lowest BCUT2D eigenvalue weighted by atomic mass is 10.2. The average Bonchev–Trinajstić information content (AvgIpc) is 2.50. The number of benzene rings is 1. The Morgan fingerprint density at radius 3 is 2.64 bits per heavy atom. The van der Waals surface area contributed by atoms with E-state index in [4.69, 9.17) is 23.2 Å². The standard InChI is InChI=1S/C15H13Cl2N3O2/c1-2-18-14(21)9-4-3-5-10(8-9)19-15(22)13-11(16)6-7-12(17)20-13/h3-8H,2H2,1H3,(H,18,21)(H,19,22). The minimum absolute atomic E-state index is 0.0255. The summed E-state index contributed by atoms with van der Waals surface area (Å²) < 4.78 is 0. The Hall–Kier alpha value is -2.11. The fraction of sp³-hybridized carbons (Fsp3) is 0.133. The van der Waals surface area contributed by atoms with Gasteiger partial charge in [0.05, 0.1) is 5.02 Å². The predicted octanol–water partition coefficient (Wildman–Crippen LogP) is 3.39. The van der Waals surface area contributed by atoms with E-state index in [1.165, 1.54) is 12.1 Å². The monoisotopic (exact) mass is 337 g/mol. The summed E-state index contributed by atoms with van der Waals surface area (Å²) >= 11 is 11.7. The van der Waals surface area contributed by atoms with Crippen LogP contribution in [0.25, 0.3) is 0 Å². The number of nitrogens with one attached hydrogen (secondary N) is 2. The van der Waals surface area contributed by atoms with Crippen LogP contribution < -0.4 is 10.6 Å². The van der Waals surface area contributed by atoms with E-state index >= 15 is 0 Å². The van der Waals surface area contributed by atoms with Crippen molar-refractivity contribution < 1.29 is 9.59 Å². The molecule has 7 heteroatoms. The molecule has 2 amide bonds. The molecular formula is C15H13Cl2N3O2. The van der Waals surface area contributed by atoms with Crippen molar-refractivity contribution in [3.8, 4) is 0 Å². The number of anilines is 1. The zero-order chi connectivity index (χ0) is 16.1. The molecule has 0 atom stereocenters. The first-order chi connectivity index (χ1) is 10.5. The Morgan fingerprint density at radius 1 is 1.14 bits per heavy atom. The van der Waals surface area contributed by atoms with E-state index in [-0.39, 0.29) is 21.8 Å². The van der Waals surface area contributed by atoms with Crippen LogP contribution in [0.4, 0.5) is 5.69 Å². The third-order valence-corrected chi connectivity index (χ3v) is 3.26. The molecule has 0 aliphatic carbocycles. The average molecular weight is 338 g/mol. The first kappa shape index (κ1) is 16.3. The maximum absolute atomic E-state index is 12.2. The molecule has 1 heterocycles. The Labute approximate surface area is 137 Å². The smallest absolute Gasteiger partial charge is 0.275 e. The Kier molecular flexibility index (Phi) is 5.35. The molecule has 0 aliphatic heterocycles. The lowest BCUT2D eigenvalue weighted by Gasteiger charge is -2.08. The van der Waals surface area contributed by atoms with Crippen LogP contribution in [0, 0.1) is 0 Å². The number of hydrogen-bond acceptors (Lipinski definition) is 3. The van der Waals surface area contributed by atoms with E-state index in [1.807, 2.05) is 6.92 Å². The summed E-state index contributed by atoms with van der Waals surface area (Å²) in [5.41, 5.74) is 0.939. The summed E-state index contributed by atoms with van der Waals surface area (Å²) in [7, 11) is 0. The van der Waals surface area contributed by atoms with Crippen molar-refractivity contribution in [2.75, 3.05) is 11.9 Å². The number of hydrogen-bond donors (Lipinski definition) is 2. The fourth-order valence-corrected chi connectivity index (χ4v) is 2.11. The van der Waals surface area contributed by atoms with Gasteiger partial charge in [-0.15, -0.1) is 0 Å². The SMILES string of the molecule is CCNC(=O)c1cccc(NC(=O)c2nc(Cl)ccc2Cl)c1. The zero-order valence-corrected chi connectivity index (χ0v) is 13.2. The Bertz CT molecular complexity index is 720. The van der Waals surface area contributed by atoms with Crippen molar-refractivity contribution in [1.29, 1.82) is 0 Å². The normalized spacial score (nSPS) is 10.1. The van der Waals surface area contributed by atoms with E-state index in [2.05, 4.69) is 15.6 Å². The van der Waals surface area contributed by atoms with E-state index in [0.717, 1.165) is 0 Å². The quantitative estimate of drug-likeness (QED) is 0.840. The second-order valence-electron chi connectivity index (χ2n) is 4.36. The van der Waals surface area contributed by atoms with E-state index in [0.29, 0.717) is 17.8 Å². The van der Waals surface area contributed by atoms with E-state index < -0.39 is 5.91 Å². The molecule has 5 nitrogen and oxygen atoms in total. The van der Waals surface area contributed by atoms with Gasteiger partial charge in [0.1, 0.15) is 10.8 Å².